The quantitative estimate of drug-likeness (QED) is 0.110. The first-order chi connectivity index (χ1) is 65.8. The molecule has 13 aliphatic rings. The van der Waals surface area contributed by atoms with Gasteiger partial charge in [-0.1, -0.05) is 312 Å². The highest BCUT2D eigenvalue weighted by molar-refractivity contribution is 6.61. The van der Waals surface area contributed by atoms with Crippen LogP contribution in [0.5, 0.6) is 0 Å². The summed E-state index contributed by atoms with van der Waals surface area (Å²) in [4.78, 5) is 258. The van der Waals surface area contributed by atoms with Crippen LogP contribution in [0, 0.1) is 0 Å². The minimum absolute atomic E-state index is 0.0328. The number of benzene rings is 10. The third kappa shape index (κ3) is 15.5. The van der Waals surface area contributed by atoms with Gasteiger partial charge in [0.2, 0.25) is 75.2 Å². The minimum Gasteiger partial charge on any atom is -0.507 e. The van der Waals surface area contributed by atoms with Gasteiger partial charge in [-0.25, -0.2) is 0 Å². The molecule has 137 heavy (non-hydrogen) atoms. The Balaban J connectivity index is 0.000000112. The van der Waals surface area contributed by atoms with Gasteiger partial charge in [0.1, 0.15) is 41.7 Å². The van der Waals surface area contributed by atoms with Crippen LogP contribution in [0.15, 0.2) is 341 Å². The Hall–Kier alpha value is -16.3. The molecule has 10 aromatic carbocycles. The van der Waals surface area contributed by atoms with E-state index in [-0.39, 0.29) is 178 Å². The van der Waals surface area contributed by atoms with E-state index in [4.69, 9.17) is 69.6 Å². The molecular formula is C106H55Cl6N3O22. The highest BCUT2D eigenvalue weighted by Crippen LogP contribution is 2.47. The zero-order valence-corrected chi connectivity index (χ0v) is 74.6. The van der Waals surface area contributed by atoms with Crippen molar-refractivity contribution in [1.29, 1.82) is 0 Å². The lowest BCUT2D eigenvalue weighted by Crippen LogP contribution is -2.33. The lowest BCUT2D eigenvalue weighted by molar-refractivity contribution is -0.112. The predicted molar refractivity (Wildman–Crippen MR) is 499 cm³/mol. The molecule has 3 fully saturated rings. The number of halogens is 6. The molecule has 0 saturated carbocycles. The summed E-state index contributed by atoms with van der Waals surface area (Å²) in [6, 6.07) is 63.4. The molecule has 0 unspecified atom stereocenters. The minimum atomic E-state index is -1.07. The number of nitrogens with zero attached hydrogens (tertiary/aromatic N) is 3. The lowest BCUT2D eigenvalue weighted by atomic mass is 9.77. The highest BCUT2D eigenvalue weighted by atomic mass is 35.5. The van der Waals surface area contributed by atoms with E-state index in [0.717, 1.165) is 6.08 Å². The average molecular weight is 1940 g/mol. The third-order valence-corrected chi connectivity index (χ3v) is 26.1. The molecule has 0 amide bonds. The number of allylic oxidation sites excluding steroid dienone is 18. The molecular weight excluding hydrogens is 1880 g/mol. The molecule has 23 rings (SSSR count). The van der Waals surface area contributed by atoms with Crippen molar-refractivity contribution < 1.29 is 106 Å². The van der Waals surface area contributed by atoms with Crippen molar-refractivity contribution in [2.45, 2.75) is 0 Å². The zero-order chi connectivity index (χ0) is 97.0. The van der Waals surface area contributed by atoms with E-state index in [9.17, 15) is 106 Å². The Kier molecular flexibility index (Phi) is 23.9. The number of rotatable bonds is 7. The van der Waals surface area contributed by atoms with Crippen LogP contribution in [-0.4, -0.2) is 180 Å². The molecule has 10 aromatic rings. The number of hydrogen-bond donors (Lipinski definition) is 2. The molecule has 0 atom stereocenters. The van der Waals surface area contributed by atoms with Gasteiger partial charge in [-0.15, -0.1) is 0 Å². The Morgan fingerprint density at radius 3 is 0.577 bits per heavy atom. The molecule has 10 aliphatic carbocycles. The summed E-state index contributed by atoms with van der Waals surface area (Å²) in [5, 5.41) is 17.9. The summed E-state index contributed by atoms with van der Waals surface area (Å²) < 4.78 is 0. The third-order valence-electron chi connectivity index (χ3n) is 23.9. The fraction of sp³-hybridized carbons (Fsp3) is 0.0566. The van der Waals surface area contributed by atoms with E-state index < -0.39 is 119 Å². The van der Waals surface area contributed by atoms with Crippen LogP contribution >= 0.6 is 69.6 Å². The van der Waals surface area contributed by atoms with Gasteiger partial charge in [0.05, 0.1) is 61.7 Å². The zero-order valence-electron chi connectivity index (χ0n) is 70.1. The first-order valence-corrected chi connectivity index (χ1v) is 43.9. The summed E-state index contributed by atoms with van der Waals surface area (Å²) in [6.45, 7) is 3.78. The number of carbonyl (C=O) groups is 20. The van der Waals surface area contributed by atoms with Crippen molar-refractivity contribution in [3.05, 3.63) is 452 Å². The molecule has 3 heterocycles. The smallest absolute Gasteiger partial charge is 0.238 e. The van der Waals surface area contributed by atoms with Crippen LogP contribution in [0.25, 0.3) is 11.5 Å². The second kappa shape index (κ2) is 35.9. The molecule has 0 bridgehead atoms. The molecule has 31 heteroatoms. The van der Waals surface area contributed by atoms with E-state index in [0.29, 0.717) is 72.6 Å². The second-order valence-corrected chi connectivity index (χ2v) is 34.1. The second-order valence-electron chi connectivity index (χ2n) is 31.8. The largest absolute Gasteiger partial charge is 0.507 e. The topological polar surface area (TPSA) is 391 Å². The summed E-state index contributed by atoms with van der Waals surface area (Å²) in [6.07, 6.45) is 0.949. The van der Waals surface area contributed by atoms with Gasteiger partial charge in [0.25, 0.3) is 0 Å². The molecule has 668 valence electrons. The summed E-state index contributed by atoms with van der Waals surface area (Å²) in [5.74, 6) is -11.5. The SMILES string of the molecule is O=C1C(=O)c2ccccc2C(O)=C1C1=C(Cl)C(=O)c2ccccc2C1=O.O=C1C(C2=C(N3CC3)C(=O)c3ccccc3C2=O)=C(N2CC2)C(=O)c2ccccc21.O=C1C(Cl)=C(C2=C(Cl)C(=O)c3ccccc3C2=O)C(=O)c2ccccc21.O=C1C(Cl)=C(C2=C(N3CC3)C(=O)c3ccccc3C2=O)C(=O)c2ccccc21.O=C1C(Cl)=C(Cl)C(=O)c2ccccc21.O=C1C=C(O)c2ccccc2C1=O. The van der Waals surface area contributed by atoms with Crippen LogP contribution < -0.4 is 0 Å². The van der Waals surface area contributed by atoms with Gasteiger partial charge in [0, 0.05) is 157 Å². The Bertz CT molecular complexity index is 7710. The van der Waals surface area contributed by atoms with E-state index in [1.54, 1.807) is 191 Å². The Morgan fingerprint density at radius 1 is 0.168 bits per heavy atom. The van der Waals surface area contributed by atoms with Crippen molar-refractivity contribution >= 4 is 197 Å². The number of aliphatic hydroxyl groups is 2. The van der Waals surface area contributed by atoms with Crippen molar-refractivity contribution in [3.63, 3.8) is 0 Å². The van der Waals surface area contributed by atoms with Gasteiger partial charge in [-0.3, -0.25) is 95.9 Å². The molecule has 3 saturated heterocycles. The van der Waals surface area contributed by atoms with E-state index in [1.807, 2.05) is 0 Å². The maximum atomic E-state index is 13.6. The normalized spacial score (nSPS) is 17.6. The van der Waals surface area contributed by atoms with Gasteiger partial charge < -0.3 is 24.9 Å². The van der Waals surface area contributed by atoms with E-state index in [2.05, 4.69) is 0 Å². The van der Waals surface area contributed by atoms with Crippen molar-refractivity contribution in [3.8, 4) is 0 Å². The van der Waals surface area contributed by atoms with Gasteiger partial charge in [-0.05, 0) is 0 Å². The van der Waals surface area contributed by atoms with Crippen LogP contribution in [-0.2, 0) is 9.59 Å². The van der Waals surface area contributed by atoms with Gasteiger partial charge in [0.15, 0.2) is 40.5 Å². The summed E-state index contributed by atoms with van der Waals surface area (Å²) >= 11 is 35.9. The number of aliphatic hydroxyl groups excluding tert-OH is 2. The molecule has 0 radical (unpaired) electrons. The van der Waals surface area contributed by atoms with E-state index >= 15 is 0 Å². The number of fused-ring (bicyclic) bond motifs is 10. The van der Waals surface area contributed by atoms with E-state index in [1.165, 1.54) is 66.7 Å². The van der Waals surface area contributed by atoms with Crippen LogP contribution in [0.2, 0.25) is 0 Å². The maximum Gasteiger partial charge on any atom is 0.238 e. The van der Waals surface area contributed by atoms with Crippen LogP contribution in [0.4, 0.5) is 0 Å². The number of Topliss-reactive ketones (excluding diaryl/α,β-unsaturated/α-hetero) is 19. The predicted octanol–water partition coefficient (Wildman–Crippen LogP) is 17.0. The first-order valence-electron chi connectivity index (χ1n) is 41.6. The van der Waals surface area contributed by atoms with Crippen LogP contribution in [0.3, 0.4) is 0 Å². The first kappa shape index (κ1) is 91.2. The van der Waals surface area contributed by atoms with Crippen molar-refractivity contribution in [1.82, 2.24) is 14.7 Å². The van der Waals surface area contributed by atoms with Gasteiger partial charge in [-0.2, -0.15) is 0 Å². The fourth-order valence-electron chi connectivity index (χ4n) is 17.0. The number of carbonyl (C=O) groups excluding carboxylic acids is 20. The summed E-state index contributed by atoms with van der Waals surface area (Å²) in [5.41, 5.74) is 3.22. The molecule has 2 N–H and O–H groups in total. The van der Waals surface area contributed by atoms with Crippen molar-refractivity contribution in [2.75, 3.05) is 39.3 Å². The summed E-state index contributed by atoms with van der Waals surface area (Å²) in [7, 11) is 0. The standard InChI is InChI=1S/C24H16N2O4.C22H12ClNO4.C20H8Cl2O4.C20H9ClO5.C10H4Cl2O2.C10H6O3/c27-21-13-5-1-3-7-15(13)23(29)19(25-9-10-25)17(21)18-20(26-11-12-26)24(30)16-8-4-2-6-14(16)22(18)28;23-17-15(19(25)11-5-1-3-7-13(11)21(17)27)16-18(24-9-10-24)22(28)14-8-4-2-6-12(14)20(16)26;21-15-13(17(23)9-5-1-3-7-11(9)19(15)25)14-16(22)20(26)12-8-4-2-6-10(12)18(14)24;21-15-13(16(22)9-5-1-3-7-11(9)18(15)24)14-17(23)10-6-2-4-8-12(10)19(25)20(14)26;11-7-8(12)10(14)6-4-2-1-3-5(6)9(7)13;11-8-5-9(12)10(13)7-4-2-1-3-6(7)8/h1-8H,9-12H2;1-8H,9-10H2;1-8H;1-8,23H;1-4H;1-5,11H. The van der Waals surface area contributed by atoms with Gasteiger partial charge >= 0.3 is 0 Å². The number of hydrogen-bond acceptors (Lipinski definition) is 25. The highest BCUT2D eigenvalue weighted by Gasteiger charge is 2.50. The number of ketones is 20. The maximum absolute atomic E-state index is 13.6. The van der Waals surface area contributed by atoms with Crippen molar-refractivity contribution in [2.24, 2.45) is 0 Å². The molecule has 25 nitrogen and oxygen atoms in total. The molecule has 0 spiro atoms. The molecule has 0 aromatic heterocycles. The Morgan fingerprint density at radius 2 is 0.336 bits per heavy atom. The Labute approximate surface area is 803 Å². The molecule has 3 aliphatic heterocycles. The lowest BCUT2D eigenvalue weighted by Gasteiger charge is -2.27. The van der Waals surface area contributed by atoms with Crippen LogP contribution in [0.1, 0.15) is 198 Å². The fourth-order valence-corrected chi connectivity index (χ4v) is 18.5. The monoisotopic (exact) mass is 1930 g/mol. The average Bonchev–Trinajstić information content (AvgIpc) is 1.59.